The Bertz CT molecular complexity index is 810. The van der Waals surface area contributed by atoms with Crippen LogP contribution in [0.2, 0.25) is 10.0 Å². The Balaban J connectivity index is 1.74. The number of nitrogens with zero attached hydrogens (tertiary/aromatic N) is 3. The molecule has 2 aliphatic rings. The first kappa shape index (κ1) is 16.9. The Labute approximate surface area is 156 Å². The second-order valence-corrected chi connectivity index (χ2v) is 7.37. The first-order valence-corrected chi connectivity index (χ1v) is 9.47. The molecule has 4 rings (SSSR count). The molecule has 0 radical (unpaired) electrons. The summed E-state index contributed by atoms with van der Waals surface area (Å²) in [6.07, 6.45) is 3.82. The molecule has 25 heavy (non-hydrogen) atoms. The lowest BCUT2D eigenvalue weighted by atomic mass is 10.2. The van der Waals surface area contributed by atoms with E-state index in [1.165, 1.54) is 0 Å². The fourth-order valence-corrected chi connectivity index (χ4v) is 4.15. The van der Waals surface area contributed by atoms with Gasteiger partial charge in [0.2, 0.25) is 0 Å². The van der Waals surface area contributed by atoms with Gasteiger partial charge in [-0.05, 0) is 50.4 Å². The molecule has 132 valence electrons. The van der Waals surface area contributed by atoms with Crippen molar-refractivity contribution in [2.24, 2.45) is 0 Å². The van der Waals surface area contributed by atoms with Crippen LogP contribution in [0.15, 0.2) is 18.2 Å². The maximum atomic E-state index is 13.1. The molecule has 1 aromatic heterocycles. The minimum Gasteiger partial charge on any atom is -0.336 e. The molecule has 0 atom stereocenters. The van der Waals surface area contributed by atoms with Gasteiger partial charge >= 0.3 is 0 Å². The van der Waals surface area contributed by atoms with Crippen molar-refractivity contribution in [3.63, 3.8) is 0 Å². The first-order valence-electron chi connectivity index (χ1n) is 8.71. The zero-order valence-electron chi connectivity index (χ0n) is 13.9. The Hall–Kier alpha value is -1.56. The van der Waals surface area contributed by atoms with E-state index in [4.69, 9.17) is 23.2 Å². The molecule has 1 aliphatic carbocycles. The van der Waals surface area contributed by atoms with Gasteiger partial charge in [0.1, 0.15) is 0 Å². The van der Waals surface area contributed by atoms with E-state index < -0.39 is 0 Å². The summed E-state index contributed by atoms with van der Waals surface area (Å²) in [7, 11) is 0. The van der Waals surface area contributed by atoms with Crippen molar-refractivity contribution in [1.82, 2.24) is 20.0 Å². The van der Waals surface area contributed by atoms with E-state index in [-0.39, 0.29) is 5.91 Å². The van der Waals surface area contributed by atoms with Crippen LogP contribution in [-0.2, 0) is 12.8 Å². The number of fused-ring (bicyclic) bond motifs is 1. The standard InChI is InChI=1S/C18H20Cl2N4O/c19-12-5-6-16(14(20)11-12)24-15-4-1-3-13(15)17(22-24)18(25)23-9-2-7-21-8-10-23/h5-6,11,21H,1-4,7-10H2. The van der Waals surface area contributed by atoms with Crippen LogP contribution in [0.4, 0.5) is 0 Å². The van der Waals surface area contributed by atoms with Crippen LogP contribution < -0.4 is 5.32 Å². The molecule has 0 unspecified atom stereocenters. The van der Waals surface area contributed by atoms with E-state index in [9.17, 15) is 4.79 Å². The molecule has 1 aliphatic heterocycles. The van der Waals surface area contributed by atoms with Gasteiger partial charge in [0.25, 0.3) is 5.91 Å². The van der Waals surface area contributed by atoms with Gasteiger partial charge in [-0.15, -0.1) is 0 Å². The highest BCUT2D eigenvalue weighted by Crippen LogP contribution is 2.32. The van der Waals surface area contributed by atoms with Crippen molar-refractivity contribution in [2.75, 3.05) is 26.2 Å². The van der Waals surface area contributed by atoms with E-state index in [2.05, 4.69) is 10.4 Å². The fourth-order valence-electron chi connectivity index (χ4n) is 3.66. The smallest absolute Gasteiger partial charge is 0.274 e. The molecular formula is C18H20Cl2N4O. The van der Waals surface area contributed by atoms with Crippen LogP contribution in [0.5, 0.6) is 0 Å². The van der Waals surface area contributed by atoms with Gasteiger partial charge in [-0.25, -0.2) is 4.68 Å². The molecular weight excluding hydrogens is 359 g/mol. The molecule has 0 saturated carbocycles. The summed E-state index contributed by atoms with van der Waals surface area (Å²) in [5.41, 5.74) is 3.54. The van der Waals surface area contributed by atoms with Crippen molar-refractivity contribution >= 4 is 29.1 Å². The number of amides is 1. The maximum Gasteiger partial charge on any atom is 0.274 e. The number of carbonyl (C=O) groups excluding carboxylic acids is 1. The third kappa shape index (κ3) is 3.16. The summed E-state index contributed by atoms with van der Waals surface area (Å²) in [5.74, 6) is 0.0330. The second kappa shape index (κ2) is 6.98. The van der Waals surface area contributed by atoms with Gasteiger partial charge in [0, 0.05) is 35.9 Å². The molecule has 1 aromatic carbocycles. The normalized spacial score (nSPS) is 17.4. The molecule has 2 heterocycles. The molecule has 0 bridgehead atoms. The number of halogens is 2. The third-order valence-corrected chi connectivity index (χ3v) is 5.44. The number of hydrogen-bond acceptors (Lipinski definition) is 3. The summed E-state index contributed by atoms with van der Waals surface area (Å²) < 4.78 is 1.84. The van der Waals surface area contributed by atoms with E-state index in [1.807, 2.05) is 15.6 Å². The van der Waals surface area contributed by atoms with Crippen LogP contribution in [0.3, 0.4) is 0 Å². The molecule has 1 N–H and O–H groups in total. The van der Waals surface area contributed by atoms with Crippen molar-refractivity contribution in [1.29, 1.82) is 0 Å². The van der Waals surface area contributed by atoms with E-state index in [1.54, 1.807) is 12.1 Å². The number of nitrogens with one attached hydrogen (secondary N) is 1. The molecule has 7 heteroatoms. The molecule has 5 nitrogen and oxygen atoms in total. The quantitative estimate of drug-likeness (QED) is 0.873. The first-order chi connectivity index (χ1) is 12.1. The number of hydrogen-bond donors (Lipinski definition) is 1. The molecule has 1 saturated heterocycles. The van der Waals surface area contributed by atoms with Gasteiger partial charge in [0.15, 0.2) is 5.69 Å². The lowest BCUT2D eigenvalue weighted by molar-refractivity contribution is 0.0759. The van der Waals surface area contributed by atoms with Gasteiger partial charge < -0.3 is 10.2 Å². The van der Waals surface area contributed by atoms with Crippen molar-refractivity contribution in [2.45, 2.75) is 25.7 Å². The average Bonchev–Trinajstić information content (AvgIpc) is 3.08. The average molecular weight is 379 g/mol. The minimum atomic E-state index is 0.0330. The van der Waals surface area contributed by atoms with E-state index in [0.717, 1.165) is 68.8 Å². The molecule has 0 spiro atoms. The molecule has 1 amide bonds. The van der Waals surface area contributed by atoms with Crippen LogP contribution in [0.1, 0.15) is 34.6 Å². The number of carbonyl (C=O) groups is 1. The lowest BCUT2D eigenvalue weighted by Gasteiger charge is -2.19. The Morgan fingerprint density at radius 3 is 2.84 bits per heavy atom. The second-order valence-electron chi connectivity index (χ2n) is 6.53. The lowest BCUT2D eigenvalue weighted by Crippen LogP contribution is -2.35. The summed E-state index contributed by atoms with van der Waals surface area (Å²) in [5, 5.41) is 9.14. The van der Waals surface area contributed by atoms with Crippen molar-refractivity contribution < 1.29 is 4.79 Å². The highest BCUT2D eigenvalue weighted by molar-refractivity contribution is 6.35. The number of aromatic nitrogens is 2. The largest absolute Gasteiger partial charge is 0.336 e. The molecule has 2 aromatic rings. The SMILES string of the molecule is O=C(c1nn(-c2ccc(Cl)cc2Cl)c2c1CCC2)N1CCCNCC1. The van der Waals surface area contributed by atoms with Crippen LogP contribution in [-0.4, -0.2) is 46.8 Å². The maximum absolute atomic E-state index is 13.1. The highest BCUT2D eigenvalue weighted by Gasteiger charge is 2.30. The number of benzene rings is 1. The minimum absolute atomic E-state index is 0.0330. The van der Waals surface area contributed by atoms with Crippen LogP contribution >= 0.6 is 23.2 Å². The fraction of sp³-hybridized carbons (Fsp3) is 0.444. The highest BCUT2D eigenvalue weighted by atomic mass is 35.5. The Morgan fingerprint density at radius 2 is 2.00 bits per heavy atom. The Morgan fingerprint density at radius 1 is 1.12 bits per heavy atom. The van der Waals surface area contributed by atoms with Crippen LogP contribution in [0.25, 0.3) is 5.69 Å². The topological polar surface area (TPSA) is 50.2 Å². The summed E-state index contributed by atoms with van der Waals surface area (Å²) >= 11 is 12.4. The summed E-state index contributed by atoms with van der Waals surface area (Å²) in [6, 6.07) is 5.37. The zero-order chi connectivity index (χ0) is 17.4. The summed E-state index contributed by atoms with van der Waals surface area (Å²) in [4.78, 5) is 15.0. The van der Waals surface area contributed by atoms with E-state index >= 15 is 0 Å². The monoisotopic (exact) mass is 378 g/mol. The third-order valence-electron chi connectivity index (χ3n) is 4.90. The molecule has 1 fully saturated rings. The predicted molar refractivity (Wildman–Crippen MR) is 99.0 cm³/mol. The van der Waals surface area contributed by atoms with Gasteiger partial charge in [-0.2, -0.15) is 5.10 Å². The van der Waals surface area contributed by atoms with Gasteiger partial charge in [-0.1, -0.05) is 23.2 Å². The van der Waals surface area contributed by atoms with Gasteiger partial charge in [-0.3, -0.25) is 4.79 Å². The number of rotatable bonds is 2. The summed E-state index contributed by atoms with van der Waals surface area (Å²) in [6.45, 7) is 3.28. The Kier molecular flexibility index (Phi) is 4.71. The van der Waals surface area contributed by atoms with Crippen molar-refractivity contribution in [3.8, 4) is 5.69 Å². The van der Waals surface area contributed by atoms with E-state index in [0.29, 0.717) is 15.7 Å². The predicted octanol–water partition coefficient (Wildman–Crippen LogP) is 3.10. The van der Waals surface area contributed by atoms with Crippen LogP contribution in [0, 0.1) is 0 Å². The zero-order valence-corrected chi connectivity index (χ0v) is 15.4. The van der Waals surface area contributed by atoms with Gasteiger partial charge in [0.05, 0.1) is 10.7 Å². The van der Waals surface area contributed by atoms with Crippen molar-refractivity contribution in [3.05, 3.63) is 45.2 Å².